The van der Waals surface area contributed by atoms with E-state index >= 15 is 0 Å². The first-order valence-electron chi connectivity index (χ1n) is 10.8. The topological polar surface area (TPSA) is 44.8 Å². The lowest BCUT2D eigenvalue weighted by atomic mass is 9.73. The number of ether oxygens (including phenoxy) is 1. The van der Waals surface area contributed by atoms with Gasteiger partial charge in [-0.15, -0.1) is 0 Å². The highest BCUT2D eigenvalue weighted by molar-refractivity contribution is 6.62. The lowest BCUT2D eigenvalue weighted by Gasteiger charge is -2.32. The molecule has 1 aromatic rings. The van der Waals surface area contributed by atoms with Crippen molar-refractivity contribution < 1.29 is 18.8 Å². The van der Waals surface area contributed by atoms with Crippen molar-refractivity contribution in [1.29, 1.82) is 0 Å². The molecule has 1 atom stereocenters. The van der Waals surface area contributed by atoms with Gasteiger partial charge in [0.1, 0.15) is 0 Å². The molecular formula is C23H35BO4. The maximum Gasteiger partial charge on any atom is 0.494 e. The van der Waals surface area contributed by atoms with Crippen LogP contribution in [0.1, 0.15) is 78.7 Å². The van der Waals surface area contributed by atoms with Crippen LogP contribution >= 0.6 is 0 Å². The molecule has 28 heavy (non-hydrogen) atoms. The fraction of sp³-hybridized carbons (Fsp3) is 0.696. The van der Waals surface area contributed by atoms with Gasteiger partial charge in [-0.25, -0.2) is 0 Å². The van der Waals surface area contributed by atoms with Gasteiger partial charge in [0.15, 0.2) is 0 Å². The smallest absolute Gasteiger partial charge is 0.466 e. The Morgan fingerprint density at radius 2 is 1.61 bits per heavy atom. The first kappa shape index (κ1) is 21.4. The summed E-state index contributed by atoms with van der Waals surface area (Å²) in [6, 6.07) is 8.73. The molecule has 1 saturated heterocycles. The molecule has 1 aromatic carbocycles. The molecule has 0 radical (unpaired) electrons. The second-order valence-corrected chi connectivity index (χ2v) is 9.41. The van der Waals surface area contributed by atoms with Gasteiger partial charge in [0.05, 0.1) is 23.7 Å². The third kappa shape index (κ3) is 4.31. The van der Waals surface area contributed by atoms with E-state index in [-0.39, 0.29) is 30.2 Å². The molecule has 1 saturated carbocycles. The molecule has 1 heterocycles. The van der Waals surface area contributed by atoms with Crippen LogP contribution in [0.3, 0.4) is 0 Å². The van der Waals surface area contributed by atoms with Crippen LogP contribution in [0.15, 0.2) is 24.3 Å². The minimum absolute atomic E-state index is 0.00616. The van der Waals surface area contributed by atoms with Gasteiger partial charge in [0, 0.05) is 0 Å². The summed E-state index contributed by atoms with van der Waals surface area (Å²) in [7, 11) is -0.305. The molecule has 0 amide bonds. The minimum atomic E-state index is -0.315. The third-order valence-corrected chi connectivity index (χ3v) is 7.07. The van der Waals surface area contributed by atoms with Crippen LogP contribution in [0.25, 0.3) is 0 Å². The minimum Gasteiger partial charge on any atom is -0.466 e. The highest BCUT2D eigenvalue weighted by Crippen LogP contribution is 2.39. The monoisotopic (exact) mass is 386 g/mol. The zero-order valence-corrected chi connectivity index (χ0v) is 18.3. The molecule has 5 heteroatoms. The maximum atomic E-state index is 12.0. The summed E-state index contributed by atoms with van der Waals surface area (Å²) in [4.78, 5) is 12.0. The average molecular weight is 386 g/mol. The van der Waals surface area contributed by atoms with Gasteiger partial charge in [0.2, 0.25) is 0 Å². The maximum absolute atomic E-state index is 12.0. The Kier molecular flexibility index (Phi) is 6.26. The zero-order valence-electron chi connectivity index (χ0n) is 18.3. The molecule has 2 fully saturated rings. The van der Waals surface area contributed by atoms with E-state index in [4.69, 9.17) is 14.0 Å². The molecular weight excluding hydrogens is 351 g/mol. The van der Waals surface area contributed by atoms with Crippen LogP contribution in [-0.2, 0) is 18.8 Å². The Bertz CT molecular complexity index is 658. The Morgan fingerprint density at radius 1 is 1.07 bits per heavy atom. The Morgan fingerprint density at radius 3 is 2.11 bits per heavy atom. The number of benzene rings is 1. The molecule has 1 aliphatic heterocycles. The van der Waals surface area contributed by atoms with Gasteiger partial charge in [-0.05, 0) is 83.2 Å². The predicted octanol–water partition coefficient (Wildman–Crippen LogP) is 4.46. The van der Waals surface area contributed by atoms with Crippen LogP contribution in [0.4, 0.5) is 0 Å². The number of carbonyl (C=O) groups is 1. The molecule has 0 N–H and O–H groups in total. The molecule has 3 rings (SSSR count). The summed E-state index contributed by atoms with van der Waals surface area (Å²) in [6.07, 6.45) is 4.43. The number of hydrogen-bond donors (Lipinski definition) is 0. The summed E-state index contributed by atoms with van der Waals surface area (Å²) in [5.74, 6) is 0.974. The van der Waals surface area contributed by atoms with E-state index in [9.17, 15) is 4.79 Å². The van der Waals surface area contributed by atoms with Crippen molar-refractivity contribution in [2.24, 2.45) is 11.8 Å². The first-order chi connectivity index (χ1) is 13.1. The van der Waals surface area contributed by atoms with Gasteiger partial charge in [-0.1, -0.05) is 31.2 Å². The molecule has 4 nitrogen and oxygen atoms in total. The van der Waals surface area contributed by atoms with E-state index in [0.717, 1.165) is 31.1 Å². The Balaban J connectivity index is 1.58. The number of rotatable bonds is 5. The number of carbonyl (C=O) groups excluding carboxylic acids is 1. The second kappa shape index (κ2) is 8.20. The van der Waals surface area contributed by atoms with Crippen LogP contribution < -0.4 is 5.46 Å². The molecule has 1 unspecified atom stereocenters. The third-order valence-electron chi connectivity index (χ3n) is 7.07. The van der Waals surface area contributed by atoms with E-state index in [1.165, 1.54) is 5.56 Å². The van der Waals surface area contributed by atoms with Crippen molar-refractivity contribution in [2.75, 3.05) is 6.61 Å². The van der Waals surface area contributed by atoms with E-state index in [2.05, 4.69) is 52.0 Å². The molecule has 0 bridgehead atoms. The van der Waals surface area contributed by atoms with Gasteiger partial charge < -0.3 is 14.0 Å². The van der Waals surface area contributed by atoms with Crippen molar-refractivity contribution in [1.82, 2.24) is 0 Å². The quantitative estimate of drug-likeness (QED) is 0.554. The van der Waals surface area contributed by atoms with Crippen molar-refractivity contribution in [2.45, 2.75) is 84.3 Å². The second-order valence-electron chi connectivity index (χ2n) is 9.41. The first-order valence-corrected chi connectivity index (χ1v) is 10.8. The Labute approximate surface area is 170 Å². The van der Waals surface area contributed by atoms with Crippen molar-refractivity contribution >= 4 is 18.6 Å². The highest BCUT2D eigenvalue weighted by atomic mass is 16.7. The average Bonchev–Trinajstić information content (AvgIpc) is 2.89. The van der Waals surface area contributed by atoms with Crippen molar-refractivity contribution in [3.05, 3.63) is 29.8 Å². The molecule has 0 spiro atoms. The number of hydrogen-bond acceptors (Lipinski definition) is 4. The van der Waals surface area contributed by atoms with E-state index in [1.807, 2.05) is 13.8 Å². The largest absolute Gasteiger partial charge is 0.494 e. The lowest BCUT2D eigenvalue weighted by Crippen LogP contribution is -2.41. The van der Waals surface area contributed by atoms with Gasteiger partial charge in [-0.3, -0.25) is 4.79 Å². The van der Waals surface area contributed by atoms with E-state index in [1.54, 1.807) is 0 Å². The molecule has 1 aliphatic carbocycles. The molecule has 0 aromatic heterocycles. The van der Waals surface area contributed by atoms with Gasteiger partial charge in [0.25, 0.3) is 0 Å². The normalized spacial score (nSPS) is 27.4. The van der Waals surface area contributed by atoms with Crippen molar-refractivity contribution in [3.63, 3.8) is 0 Å². The summed E-state index contributed by atoms with van der Waals surface area (Å²) in [5.41, 5.74) is 1.82. The number of esters is 1. The summed E-state index contributed by atoms with van der Waals surface area (Å²) in [5, 5.41) is 0. The highest BCUT2D eigenvalue weighted by Gasteiger charge is 2.51. The SMILES string of the molecule is CCOC(=O)C(C)C1CCC(c2ccc(B3OC(C)(C)C(C)(C)O3)cc2)CC1. The fourth-order valence-electron chi connectivity index (χ4n) is 4.32. The standard InChI is InChI=1S/C23H35BO4/c1-7-26-21(25)16(2)17-8-10-18(11-9-17)19-12-14-20(15-13-19)24-27-22(3,4)23(5,6)28-24/h12-18H,7-11H2,1-6H3. The summed E-state index contributed by atoms with van der Waals surface area (Å²) in [6.45, 7) is 12.7. The van der Waals surface area contributed by atoms with E-state index in [0.29, 0.717) is 18.4 Å². The van der Waals surface area contributed by atoms with Crippen LogP contribution in [-0.4, -0.2) is 30.9 Å². The van der Waals surface area contributed by atoms with Crippen LogP contribution in [0.5, 0.6) is 0 Å². The zero-order chi connectivity index (χ0) is 20.5. The van der Waals surface area contributed by atoms with Crippen molar-refractivity contribution in [3.8, 4) is 0 Å². The molecule has 2 aliphatic rings. The summed E-state index contributed by atoms with van der Waals surface area (Å²) >= 11 is 0. The summed E-state index contributed by atoms with van der Waals surface area (Å²) < 4.78 is 17.5. The van der Waals surface area contributed by atoms with E-state index < -0.39 is 0 Å². The van der Waals surface area contributed by atoms with Crippen LogP contribution in [0, 0.1) is 11.8 Å². The lowest BCUT2D eigenvalue weighted by molar-refractivity contribution is -0.149. The predicted molar refractivity (Wildman–Crippen MR) is 113 cm³/mol. The Hall–Kier alpha value is -1.33. The van der Waals surface area contributed by atoms with Crippen LogP contribution in [0.2, 0.25) is 0 Å². The fourth-order valence-corrected chi connectivity index (χ4v) is 4.32. The van der Waals surface area contributed by atoms with Gasteiger partial charge >= 0.3 is 13.1 Å². The molecule has 154 valence electrons. The van der Waals surface area contributed by atoms with Gasteiger partial charge in [-0.2, -0.15) is 0 Å².